The van der Waals surface area contributed by atoms with Crippen LogP contribution in [0, 0.1) is 5.92 Å². The van der Waals surface area contributed by atoms with E-state index in [9.17, 15) is 9.90 Å². The molecule has 0 radical (unpaired) electrons. The lowest BCUT2D eigenvalue weighted by atomic mass is 10.0. The third kappa shape index (κ3) is 5.28. The Labute approximate surface area is 171 Å². The minimum atomic E-state index is -0.974. The Morgan fingerprint density at radius 3 is 2.55 bits per heavy atom. The average Bonchev–Trinajstić information content (AvgIpc) is 3.08. The van der Waals surface area contributed by atoms with Crippen LogP contribution in [0.3, 0.4) is 0 Å². The fourth-order valence-corrected chi connectivity index (χ4v) is 3.26. The van der Waals surface area contributed by atoms with Gasteiger partial charge in [0.1, 0.15) is 5.82 Å². The van der Waals surface area contributed by atoms with E-state index in [1.807, 2.05) is 28.9 Å². The lowest BCUT2D eigenvalue weighted by molar-refractivity contribution is 0.0697. The molecule has 0 aliphatic carbocycles. The van der Waals surface area contributed by atoms with Gasteiger partial charge >= 0.3 is 5.97 Å². The van der Waals surface area contributed by atoms with Crippen LogP contribution in [0.25, 0.3) is 11.1 Å². The molecule has 3 aromatic rings. The molecule has 0 spiro atoms. The number of benzene rings is 1. The number of rotatable bonds is 9. The molecule has 0 saturated carbocycles. The summed E-state index contributed by atoms with van der Waals surface area (Å²) in [5.74, 6) is 1.60. The third-order valence-electron chi connectivity index (χ3n) is 4.86. The first-order valence-corrected chi connectivity index (χ1v) is 10.2. The summed E-state index contributed by atoms with van der Waals surface area (Å²) < 4.78 is 2.00. The van der Waals surface area contributed by atoms with Gasteiger partial charge in [-0.15, -0.1) is 0 Å². The van der Waals surface area contributed by atoms with Gasteiger partial charge in [-0.1, -0.05) is 45.0 Å². The number of carbonyl (C=O) groups is 1. The van der Waals surface area contributed by atoms with Gasteiger partial charge in [0.15, 0.2) is 5.82 Å². The SMILES string of the molecule is CCCc1nc(CCC(C)C)nn1Cc1ccc(-c2ccncc2C(=O)O)cc1. The Balaban J connectivity index is 1.80. The monoisotopic (exact) mass is 392 g/mol. The van der Waals surface area contributed by atoms with Crippen molar-refractivity contribution in [2.75, 3.05) is 0 Å². The van der Waals surface area contributed by atoms with Crippen molar-refractivity contribution in [1.29, 1.82) is 0 Å². The maximum absolute atomic E-state index is 11.4. The smallest absolute Gasteiger partial charge is 0.337 e. The fourth-order valence-electron chi connectivity index (χ4n) is 3.26. The van der Waals surface area contributed by atoms with Crippen molar-refractivity contribution in [1.82, 2.24) is 19.7 Å². The molecule has 0 unspecified atom stereocenters. The van der Waals surface area contributed by atoms with Gasteiger partial charge in [0, 0.05) is 25.2 Å². The summed E-state index contributed by atoms with van der Waals surface area (Å²) >= 11 is 0. The van der Waals surface area contributed by atoms with Crippen molar-refractivity contribution >= 4 is 5.97 Å². The number of nitrogens with zero attached hydrogens (tertiary/aromatic N) is 4. The molecule has 0 amide bonds. The second-order valence-corrected chi connectivity index (χ2v) is 7.71. The molecule has 2 aromatic heterocycles. The fraction of sp³-hybridized carbons (Fsp3) is 0.391. The molecular formula is C23H28N4O2. The van der Waals surface area contributed by atoms with E-state index in [0.717, 1.165) is 48.5 Å². The van der Waals surface area contributed by atoms with E-state index in [-0.39, 0.29) is 5.56 Å². The minimum absolute atomic E-state index is 0.205. The second kappa shape index (κ2) is 9.45. The Bertz CT molecular complexity index is 961. The van der Waals surface area contributed by atoms with Crippen LogP contribution in [0.4, 0.5) is 0 Å². The lowest BCUT2D eigenvalue weighted by Gasteiger charge is -2.08. The molecule has 1 aromatic carbocycles. The standard InChI is InChI=1S/C23H28N4O2/c1-4-5-22-25-21(11-6-16(2)3)26-27(22)15-17-7-9-18(10-8-17)19-12-13-24-14-20(19)23(28)29/h7-10,12-14,16H,4-6,11,15H2,1-3H3,(H,28,29). The highest BCUT2D eigenvalue weighted by atomic mass is 16.4. The predicted molar refractivity (Wildman–Crippen MR) is 113 cm³/mol. The summed E-state index contributed by atoms with van der Waals surface area (Å²) in [4.78, 5) is 20.1. The van der Waals surface area contributed by atoms with Gasteiger partial charge in [-0.3, -0.25) is 4.98 Å². The molecule has 3 rings (SSSR count). The average molecular weight is 393 g/mol. The predicted octanol–water partition coefficient (Wildman–Crippen LogP) is 4.63. The molecular weight excluding hydrogens is 364 g/mol. The first kappa shape index (κ1) is 20.7. The van der Waals surface area contributed by atoms with E-state index >= 15 is 0 Å². The summed E-state index contributed by atoms with van der Waals surface area (Å²) in [7, 11) is 0. The normalized spacial score (nSPS) is 11.2. The van der Waals surface area contributed by atoms with Crippen molar-refractivity contribution in [3.8, 4) is 11.1 Å². The molecule has 6 heteroatoms. The minimum Gasteiger partial charge on any atom is -0.478 e. The zero-order valence-corrected chi connectivity index (χ0v) is 17.3. The highest BCUT2D eigenvalue weighted by Gasteiger charge is 2.13. The van der Waals surface area contributed by atoms with Crippen molar-refractivity contribution < 1.29 is 9.90 Å². The molecule has 0 atom stereocenters. The van der Waals surface area contributed by atoms with Crippen LogP contribution < -0.4 is 0 Å². The Hall–Kier alpha value is -3.02. The largest absolute Gasteiger partial charge is 0.478 e. The van der Waals surface area contributed by atoms with E-state index in [0.29, 0.717) is 18.0 Å². The molecule has 152 valence electrons. The van der Waals surface area contributed by atoms with Gasteiger partial charge in [-0.25, -0.2) is 14.5 Å². The number of hydrogen-bond donors (Lipinski definition) is 1. The van der Waals surface area contributed by atoms with E-state index in [1.54, 1.807) is 12.3 Å². The molecule has 0 saturated heterocycles. The maximum atomic E-state index is 11.4. The molecule has 1 N–H and O–H groups in total. The number of aromatic nitrogens is 4. The lowest BCUT2D eigenvalue weighted by Crippen LogP contribution is -2.07. The van der Waals surface area contributed by atoms with Crippen molar-refractivity contribution in [2.45, 2.75) is 53.0 Å². The number of pyridine rings is 1. The summed E-state index contributed by atoms with van der Waals surface area (Å²) in [5, 5.41) is 14.1. The van der Waals surface area contributed by atoms with E-state index in [4.69, 9.17) is 10.1 Å². The zero-order chi connectivity index (χ0) is 20.8. The Morgan fingerprint density at radius 2 is 1.90 bits per heavy atom. The van der Waals surface area contributed by atoms with Gasteiger partial charge in [0.25, 0.3) is 0 Å². The van der Waals surface area contributed by atoms with Gasteiger partial charge < -0.3 is 5.11 Å². The molecule has 0 aliphatic heterocycles. The summed E-state index contributed by atoms with van der Waals surface area (Å²) in [6, 6.07) is 9.68. The van der Waals surface area contributed by atoms with E-state index < -0.39 is 5.97 Å². The van der Waals surface area contributed by atoms with Crippen LogP contribution in [0.1, 0.15) is 61.2 Å². The van der Waals surface area contributed by atoms with Gasteiger partial charge in [-0.05, 0) is 41.5 Å². The molecule has 6 nitrogen and oxygen atoms in total. The Morgan fingerprint density at radius 1 is 1.14 bits per heavy atom. The van der Waals surface area contributed by atoms with Crippen LogP contribution in [0.15, 0.2) is 42.7 Å². The Kier molecular flexibility index (Phi) is 6.75. The van der Waals surface area contributed by atoms with E-state index in [1.165, 1.54) is 6.20 Å². The van der Waals surface area contributed by atoms with Crippen LogP contribution in [-0.4, -0.2) is 30.8 Å². The van der Waals surface area contributed by atoms with Crippen molar-refractivity contribution in [3.05, 3.63) is 65.5 Å². The molecule has 0 bridgehead atoms. The van der Waals surface area contributed by atoms with Crippen molar-refractivity contribution in [2.24, 2.45) is 5.92 Å². The highest BCUT2D eigenvalue weighted by Crippen LogP contribution is 2.24. The zero-order valence-electron chi connectivity index (χ0n) is 17.3. The topological polar surface area (TPSA) is 80.9 Å². The number of carboxylic acids is 1. The van der Waals surface area contributed by atoms with Crippen LogP contribution in [0.2, 0.25) is 0 Å². The van der Waals surface area contributed by atoms with Gasteiger partial charge in [-0.2, -0.15) is 5.10 Å². The molecule has 0 fully saturated rings. The van der Waals surface area contributed by atoms with Crippen molar-refractivity contribution in [3.63, 3.8) is 0 Å². The first-order chi connectivity index (χ1) is 14.0. The molecule has 2 heterocycles. The summed E-state index contributed by atoms with van der Waals surface area (Å²) in [6.07, 6.45) is 6.92. The van der Waals surface area contributed by atoms with Gasteiger partial charge in [0.2, 0.25) is 0 Å². The van der Waals surface area contributed by atoms with Crippen LogP contribution >= 0.6 is 0 Å². The third-order valence-corrected chi connectivity index (χ3v) is 4.86. The second-order valence-electron chi connectivity index (χ2n) is 7.71. The number of hydrogen-bond acceptors (Lipinski definition) is 4. The number of aromatic carboxylic acids is 1. The molecule has 0 aliphatic rings. The quantitative estimate of drug-likeness (QED) is 0.574. The maximum Gasteiger partial charge on any atom is 0.337 e. The van der Waals surface area contributed by atoms with E-state index in [2.05, 4.69) is 25.8 Å². The molecule has 29 heavy (non-hydrogen) atoms. The summed E-state index contributed by atoms with van der Waals surface area (Å²) in [6.45, 7) is 7.23. The van der Waals surface area contributed by atoms with Gasteiger partial charge in [0.05, 0.1) is 12.1 Å². The number of carboxylic acid groups (broad SMARTS) is 1. The highest BCUT2D eigenvalue weighted by molar-refractivity contribution is 5.95. The number of aryl methyl sites for hydroxylation is 2. The summed E-state index contributed by atoms with van der Waals surface area (Å²) in [5.41, 5.74) is 2.84. The van der Waals surface area contributed by atoms with Crippen LogP contribution in [0.5, 0.6) is 0 Å². The van der Waals surface area contributed by atoms with Crippen LogP contribution in [-0.2, 0) is 19.4 Å². The first-order valence-electron chi connectivity index (χ1n) is 10.2.